The van der Waals surface area contributed by atoms with Crippen molar-refractivity contribution in [2.45, 2.75) is 18.4 Å². The molecule has 0 aliphatic heterocycles. The van der Waals surface area contributed by atoms with Crippen LogP contribution in [0.5, 0.6) is 0 Å². The minimum atomic E-state index is -3.70. The molecule has 0 spiro atoms. The van der Waals surface area contributed by atoms with Gasteiger partial charge in [0.25, 0.3) is 5.91 Å². The van der Waals surface area contributed by atoms with E-state index in [1.807, 2.05) is 0 Å². The number of hydrogen-bond donors (Lipinski definition) is 1. The third-order valence-corrected chi connectivity index (χ3v) is 5.13. The van der Waals surface area contributed by atoms with E-state index in [0.717, 1.165) is 0 Å². The van der Waals surface area contributed by atoms with Crippen LogP contribution < -0.4 is 4.72 Å². The van der Waals surface area contributed by atoms with Crippen LogP contribution >= 0.6 is 0 Å². The molecule has 1 aromatic heterocycles. The fraction of sp³-hybridized carbons (Fsp3) is 0.353. The number of carbonyl (C=O) groups is 1. The molecular formula is C17H22N2O5S. The van der Waals surface area contributed by atoms with Gasteiger partial charge in [-0.25, -0.2) is 13.1 Å². The molecule has 25 heavy (non-hydrogen) atoms. The first kappa shape index (κ1) is 19.2. The van der Waals surface area contributed by atoms with Crippen LogP contribution in [0.2, 0.25) is 0 Å². The van der Waals surface area contributed by atoms with Gasteiger partial charge in [0.1, 0.15) is 5.76 Å². The van der Waals surface area contributed by atoms with E-state index in [-0.39, 0.29) is 24.0 Å². The predicted octanol–water partition coefficient (Wildman–Crippen LogP) is 1.78. The van der Waals surface area contributed by atoms with E-state index in [0.29, 0.717) is 23.4 Å². The van der Waals surface area contributed by atoms with Crippen molar-refractivity contribution in [2.75, 3.05) is 27.3 Å². The van der Waals surface area contributed by atoms with Crippen molar-refractivity contribution in [3.05, 3.63) is 53.5 Å². The fourth-order valence-corrected chi connectivity index (χ4v) is 3.31. The van der Waals surface area contributed by atoms with Gasteiger partial charge in [0.15, 0.2) is 0 Å². The van der Waals surface area contributed by atoms with Gasteiger partial charge in [-0.3, -0.25) is 4.79 Å². The van der Waals surface area contributed by atoms with Crippen LogP contribution in [0.15, 0.2) is 45.9 Å². The largest absolute Gasteiger partial charge is 0.467 e. The highest BCUT2D eigenvalue weighted by Gasteiger charge is 2.20. The van der Waals surface area contributed by atoms with Crippen LogP contribution in [0.3, 0.4) is 0 Å². The molecule has 0 saturated carbocycles. The molecule has 8 heteroatoms. The number of carbonyl (C=O) groups excluding carboxylic acids is 1. The van der Waals surface area contributed by atoms with E-state index in [1.165, 1.54) is 30.4 Å². The number of hydrogen-bond acceptors (Lipinski definition) is 5. The summed E-state index contributed by atoms with van der Waals surface area (Å²) in [6.07, 6.45) is 1.54. The molecule has 1 heterocycles. The van der Waals surface area contributed by atoms with Crippen LogP contribution in [0.4, 0.5) is 0 Å². The summed E-state index contributed by atoms with van der Waals surface area (Å²) in [5, 5.41) is 0. The predicted molar refractivity (Wildman–Crippen MR) is 92.7 cm³/mol. The number of nitrogens with one attached hydrogen (secondary N) is 1. The molecule has 2 rings (SSSR count). The molecule has 1 N–H and O–H groups in total. The van der Waals surface area contributed by atoms with Gasteiger partial charge in [-0.15, -0.1) is 0 Å². The fourth-order valence-electron chi connectivity index (χ4n) is 2.27. The maximum absolute atomic E-state index is 12.7. The maximum Gasteiger partial charge on any atom is 0.254 e. The number of rotatable bonds is 8. The number of nitrogens with zero attached hydrogens (tertiary/aromatic N) is 1. The molecule has 0 radical (unpaired) electrons. The Hall–Kier alpha value is -2.16. The van der Waals surface area contributed by atoms with Crippen molar-refractivity contribution in [1.82, 2.24) is 9.62 Å². The number of aryl methyl sites for hydroxylation is 1. The Labute approximate surface area is 147 Å². The van der Waals surface area contributed by atoms with Crippen molar-refractivity contribution in [3.63, 3.8) is 0 Å². The van der Waals surface area contributed by atoms with Crippen LogP contribution in [0, 0.1) is 6.92 Å². The monoisotopic (exact) mass is 366 g/mol. The van der Waals surface area contributed by atoms with Crippen LogP contribution in [-0.4, -0.2) is 46.5 Å². The molecule has 0 unspecified atom stereocenters. The second kappa shape index (κ2) is 8.28. The van der Waals surface area contributed by atoms with Crippen molar-refractivity contribution in [3.8, 4) is 0 Å². The van der Waals surface area contributed by atoms with Gasteiger partial charge in [-0.05, 0) is 36.8 Å². The topological polar surface area (TPSA) is 88.8 Å². The average Bonchev–Trinajstić information content (AvgIpc) is 3.07. The molecule has 2 aromatic rings. The molecule has 0 bridgehead atoms. The maximum atomic E-state index is 12.7. The zero-order chi connectivity index (χ0) is 18.4. The standard InChI is InChI=1S/C17H22N2O5S/c1-13-6-7-15(25(21,22)18-8-10-23-3)11-16(13)17(20)19(2)12-14-5-4-9-24-14/h4-7,9,11,18H,8,10,12H2,1-3H3. The SMILES string of the molecule is COCCNS(=O)(=O)c1ccc(C)c(C(=O)N(C)Cc2ccco2)c1. The van der Waals surface area contributed by atoms with Gasteiger partial charge in [0.2, 0.25) is 10.0 Å². The number of amides is 1. The van der Waals surface area contributed by atoms with E-state index in [9.17, 15) is 13.2 Å². The Kier molecular flexibility index (Phi) is 6.35. The lowest BCUT2D eigenvalue weighted by atomic mass is 10.1. The Balaban J connectivity index is 2.21. The summed E-state index contributed by atoms with van der Waals surface area (Å²) in [5.41, 5.74) is 1.04. The normalized spacial score (nSPS) is 11.5. The lowest BCUT2D eigenvalue weighted by Crippen LogP contribution is -2.29. The summed E-state index contributed by atoms with van der Waals surface area (Å²) in [5.74, 6) is 0.376. The lowest BCUT2D eigenvalue weighted by Gasteiger charge is -2.18. The van der Waals surface area contributed by atoms with E-state index in [1.54, 1.807) is 32.2 Å². The van der Waals surface area contributed by atoms with Gasteiger partial charge in [-0.1, -0.05) is 6.07 Å². The minimum absolute atomic E-state index is 0.0453. The van der Waals surface area contributed by atoms with E-state index in [2.05, 4.69) is 4.72 Å². The molecule has 0 aliphatic carbocycles. The van der Waals surface area contributed by atoms with Gasteiger partial charge in [0, 0.05) is 26.3 Å². The summed E-state index contributed by atoms with van der Waals surface area (Å²) in [7, 11) is -0.567. The highest BCUT2D eigenvalue weighted by molar-refractivity contribution is 7.89. The minimum Gasteiger partial charge on any atom is -0.467 e. The number of sulfonamides is 1. The molecule has 0 atom stereocenters. The summed E-state index contributed by atoms with van der Waals surface area (Å²) >= 11 is 0. The van der Waals surface area contributed by atoms with Crippen LogP contribution in [0.25, 0.3) is 0 Å². The molecular weight excluding hydrogens is 344 g/mol. The summed E-state index contributed by atoms with van der Waals surface area (Å²) in [6.45, 7) is 2.49. The first-order valence-corrected chi connectivity index (χ1v) is 9.20. The van der Waals surface area contributed by atoms with Crippen molar-refractivity contribution < 1.29 is 22.4 Å². The van der Waals surface area contributed by atoms with E-state index in [4.69, 9.17) is 9.15 Å². The van der Waals surface area contributed by atoms with Crippen molar-refractivity contribution in [2.24, 2.45) is 0 Å². The highest BCUT2D eigenvalue weighted by Crippen LogP contribution is 2.18. The highest BCUT2D eigenvalue weighted by atomic mass is 32.2. The van der Waals surface area contributed by atoms with Gasteiger partial charge >= 0.3 is 0 Å². The van der Waals surface area contributed by atoms with Gasteiger partial charge in [0.05, 0.1) is 24.3 Å². The van der Waals surface area contributed by atoms with Crippen LogP contribution in [0.1, 0.15) is 21.7 Å². The first-order valence-electron chi connectivity index (χ1n) is 7.72. The molecule has 0 fully saturated rings. The molecule has 7 nitrogen and oxygen atoms in total. The molecule has 1 amide bonds. The lowest BCUT2D eigenvalue weighted by molar-refractivity contribution is 0.0774. The second-order valence-electron chi connectivity index (χ2n) is 5.61. The first-order chi connectivity index (χ1) is 11.8. The van der Waals surface area contributed by atoms with Crippen LogP contribution in [-0.2, 0) is 21.3 Å². The Morgan fingerprint density at radius 2 is 2.08 bits per heavy atom. The van der Waals surface area contributed by atoms with Crippen molar-refractivity contribution in [1.29, 1.82) is 0 Å². The second-order valence-corrected chi connectivity index (χ2v) is 7.37. The van der Waals surface area contributed by atoms with E-state index < -0.39 is 10.0 Å². The molecule has 1 aromatic carbocycles. The zero-order valence-corrected chi connectivity index (χ0v) is 15.3. The average molecular weight is 366 g/mol. The third kappa shape index (κ3) is 4.91. The molecule has 0 aliphatic rings. The Morgan fingerprint density at radius 3 is 2.72 bits per heavy atom. The number of ether oxygens (including phenoxy) is 1. The summed E-state index contributed by atoms with van der Waals surface area (Å²) < 4.78 is 37.1. The zero-order valence-electron chi connectivity index (χ0n) is 14.5. The summed E-state index contributed by atoms with van der Waals surface area (Å²) in [4.78, 5) is 14.2. The summed E-state index contributed by atoms with van der Waals surface area (Å²) in [6, 6.07) is 8.02. The number of benzene rings is 1. The third-order valence-electron chi connectivity index (χ3n) is 3.67. The Bertz CT molecular complexity index is 816. The van der Waals surface area contributed by atoms with Gasteiger partial charge < -0.3 is 14.1 Å². The number of furan rings is 1. The quantitative estimate of drug-likeness (QED) is 0.720. The molecule has 0 saturated heterocycles. The number of methoxy groups -OCH3 is 1. The van der Waals surface area contributed by atoms with Crippen molar-refractivity contribution >= 4 is 15.9 Å². The Morgan fingerprint density at radius 1 is 1.32 bits per heavy atom. The smallest absolute Gasteiger partial charge is 0.254 e. The van der Waals surface area contributed by atoms with E-state index >= 15 is 0 Å². The van der Waals surface area contributed by atoms with Gasteiger partial charge in [-0.2, -0.15) is 0 Å². The molecule has 136 valence electrons.